The van der Waals surface area contributed by atoms with Crippen molar-refractivity contribution in [1.82, 2.24) is 9.97 Å². The van der Waals surface area contributed by atoms with Crippen LogP contribution in [-0.4, -0.2) is 9.97 Å². The van der Waals surface area contributed by atoms with E-state index in [9.17, 15) is 4.39 Å². The third-order valence-corrected chi connectivity index (χ3v) is 4.21. The molecule has 2 aromatic heterocycles. The van der Waals surface area contributed by atoms with Gasteiger partial charge >= 0.3 is 0 Å². The fraction of sp³-hybridized carbons (Fsp3) is 0.200. The molecule has 21 heavy (non-hydrogen) atoms. The first-order valence-electron chi connectivity index (χ1n) is 6.60. The zero-order valence-corrected chi connectivity index (χ0v) is 12.4. The van der Waals surface area contributed by atoms with E-state index in [1.54, 1.807) is 17.4 Å². The van der Waals surface area contributed by atoms with Gasteiger partial charge in [-0.3, -0.25) is 0 Å². The normalized spacial score (nSPS) is 11.0. The van der Waals surface area contributed by atoms with E-state index in [-0.39, 0.29) is 5.82 Å². The quantitative estimate of drug-likeness (QED) is 0.777. The Bertz CT molecular complexity index is 784. The molecule has 3 N–H and O–H groups in total. The van der Waals surface area contributed by atoms with Gasteiger partial charge in [-0.05, 0) is 24.6 Å². The van der Waals surface area contributed by atoms with Crippen LogP contribution in [0.4, 0.5) is 10.2 Å². The van der Waals surface area contributed by atoms with Crippen LogP contribution in [0.5, 0.6) is 0 Å². The van der Waals surface area contributed by atoms with Crippen molar-refractivity contribution < 1.29 is 4.39 Å². The summed E-state index contributed by atoms with van der Waals surface area (Å²) in [4.78, 5) is 10.6. The SMILES string of the molecule is Cc1cc2c(NCc3ccc(CN)cc3F)ncnc2s1. The van der Waals surface area contributed by atoms with E-state index in [0.29, 0.717) is 18.7 Å². The van der Waals surface area contributed by atoms with Gasteiger partial charge in [-0.1, -0.05) is 12.1 Å². The van der Waals surface area contributed by atoms with Gasteiger partial charge in [-0.15, -0.1) is 11.3 Å². The van der Waals surface area contributed by atoms with Crippen molar-refractivity contribution in [2.45, 2.75) is 20.0 Å². The molecule has 0 atom stereocenters. The number of fused-ring (bicyclic) bond motifs is 1. The van der Waals surface area contributed by atoms with Gasteiger partial charge in [0.15, 0.2) is 0 Å². The Morgan fingerprint density at radius 3 is 2.90 bits per heavy atom. The van der Waals surface area contributed by atoms with Crippen LogP contribution in [0, 0.1) is 12.7 Å². The summed E-state index contributed by atoms with van der Waals surface area (Å²) in [6.07, 6.45) is 1.52. The number of benzene rings is 1. The molecule has 0 aliphatic carbocycles. The van der Waals surface area contributed by atoms with Crippen molar-refractivity contribution in [2.75, 3.05) is 5.32 Å². The first-order valence-corrected chi connectivity index (χ1v) is 7.41. The number of hydrogen-bond donors (Lipinski definition) is 2. The summed E-state index contributed by atoms with van der Waals surface area (Å²) in [6, 6.07) is 7.10. The van der Waals surface area contributed by atoms with Crippen LogP contribution in [0.25, 0.3) is 10.2 Å². The third-order valence-electron chi connectivity index (χ3n) is 3.25. The second kappa shape index (κ2) is 5.75. The first kappa shape index (κ1) is 13.9. The maximum absolute atomic E-state index is 13.9. The van der Waals surface area contributed by atoms with Gasteiger partial charge in [0.2, 0.25) is 0 Å². The molecule has 0 fully saturated rings. The lowest BCUT2D eigenvalue weighted by Gasteiger charge is -2.08. The molecule has 0 bridgehead atoms. The van der Waals surface area contributed by atoms with Gasteiger partial charge in [0.1, 0.15) is 22.8 Å². The lowest BCUT2D eigenvalue weighted by Crippen LogP contribution is -2.05. The molecular weight excluding hydrogens is 287 g/mol. The molecule has 0 aliphatic heterocycles. The molecule has 6 heteroatoms. The van der Waals surface area contributed by atoms with Crippen molar-refractivity contribution in [1.29, 1.82) is 0 Å². The van der Waals surface area contributed by atoms with E-state index in [4.69, 9.17) is 5.73 Å². The number of rotatable bonds is 4. The zero-order valence-electron chi connectivity index (χ0n) is 11.6. The fourth-order valence-electron chi connectivity index (χ4n) is 2.16. The second-order valence-corrected chi connectivity index (χ2v) is 6.02. The molecule has 4 nitrogen and oxygen atoms in total. The van der Waals surface area contributed by atoms with Crippen LogP contribution < -0.4 is 11.1 Å². The van der Waals surface area contributed by atoms with Crippen molar-refractivity contribution in [2.24, 2.45) is 5.73 Å². The summed E-state index contributed by atoms with van der Waals surface area (Å²) in [7, 11) is 0. The van der Waals surface area contributed by atoms with Crippen LogP contribution in [-0.2, 0) is 13.1 Å². The highest BCUT2D eigenvalue weighted by Gasteiger charge is 2.08. The van der Waals surface area contributed by atoms with E-state index in [0.717, 1.165) is 21.6 Å². The summed E-state index contributed by atoms with van der Waals surface area (Å²) in [5.41, 5.74) is 6.88. The third kappa shape index (κ3) is 2.86. The van der Waals surface area contributed by atoms with Crippen molar-refractivity contribution in [3.63, 3.8) is 0 Å². The number of anilines is 1. The number of hydrogen-bond acceptors (Lipinski definition) is 5. The Balaban J connectivity index is 1.83. The Hall–Kier alpha value is -2.05. The zero-order chi connectivity index (χ0) is 14.8. The van der Waals surface area contributed by atoms with Crippen LogP contribution in [0.2, 0.25) is 0 Å². The average molecular weight is 302 g/mol. The maximum Gasteiger partial charge on any atom is 0.138 e. The summed E-state index contributed by atoms with van der Waals surface area (Å²) < 4.78 is 13.9. The predicted octanol–water partition coefficient (Wildman–Crippen LogP) is 3.21. The smallest absolute Gasteiger partial charge is 0.138 e. The molecule has 0 saturated heterocycles. The predicted molar refractivity (Wildman–Crippen MR) is 83.8 cm³/mol. The molecule has 0 aliphatic rings. The molecule has 2 heterocycles. The standard InChI is InChI=1S/C15H15FN4S/c1-9-4-12-14(19-8-20-15(12)21-9)18-7-11-3-2-10(6-17)5-13(11)16/h2-5,8H,6-7,17H2,1H3,(H,18,19,20). The van der Waals surface area contributed by atoms with Crippen molar-refractivity contribution in [3.05, 3.63) is 52.4 Å². The molecule has 108 valence electrons. The minimum atomic E-state index is -0.253. The van der Waals surface area contributed by atoms with E-state index < -0.39 is 0 Å². The van der Waals surface area contributed by atoms with Crippen LogP contribution in [0.15, 0.2) is 30.6 Å². The van der Waals surface area contributed by atoms with Gasteiger partial charge in [0.05, 0.1) is 5.39 Å². The molecule has 0 amide bonds. The monoisotopic (exact) mass is 302 g/mol. The van der Waals surface area contributed by atoms with E-state index in [2.05, 4.69) is 15.3 Å². The Morgan fingerprint density at radius 2 is 2.14 bits per heavy atom. The topological polar surface area (TPSA) is 63.8 Å². The van der Waals surface area contributed by atoms with Crippen molar-refractivity contribution in [3.8, 4) is 0 Å². The minimum Gasteiger partial charge on any atom is -0.365 e. The molecule has 0 saturated carbocycles. The van der Waals surface area contributed by atoms with Gasteiger partial charge in [-0.25, -0.2) is 14.4 Å². The molecular formula is C15H15FN4S. The maximum atomic E-state index is 13.9. The number of nitrogens with one attached hydrogen (secondary N) is 1. The summed E-state index contributed by atoms with van der Waals surface area (Å²) in [5, 5.41) is 4.15. The lowest BCUT2D eigenvalue weighted by molar-refractivity contribution is 0.610. The van der Waals surface area contributed by atoms with Gasteiger partial charge in [0.25, 0.3) is 0 Å². The van der Waals surface area contributed by atoms with E-state index in [1.165, 1.54) is 17.3 Å². The molecule has 0 spiro atoms. The molecule has 0 radical (unpaired) electrons. The highest BCUT2D eigenvalue weighted by atomic mass is 32.1. The Labute approximate surface area is 125 Å². The highest BCUT2D eigenvalue weighted by molar-refractivity contribution is 7.18. The minimum absolute atomic E-state index is 0.253. The van der Waals surface area contributed by atoms with Crippen LogP contribution in [0.1, 0.15) is 16.0 Å². The molecule has 0 unspecified atom stereocenters. The number of nitrogens with zero attached hydrogens (tertiary/aromatic N) is 2. The van der Waals surface area contributed by atoms with Gasteiger partial charge < -0.3 is 11.1 Å². The largest absolute Gasteiger partial charge is 0.365 e. The van der Waals surface area contributed by atoms with Gasteiger partial charge in [-0.2, -0.15) is 0 Å². The lowest BCUT2D eigenvalue weighted by atomic mass is 10.1. The summed E-state index contributed by atoms with van der Waals surface area (Å²) >= 11 is 1.62. The van der Waals surface area contributed by atoms with Crippen LogP contribution >= 0.6 is 11.3 Å². The number of aryl methyl sites for hydroxylation is 1. The van der Waals surface area contributed by atoms with E-state index >= 15 is 0 Å². The Kier molecular flexibility index (Phi) is 3.81. The Morgan fingerprint density at radius 1 is 1.29 bits per heavy atom. The molecule has 3 aromatic rings. The van der Waals surface area contributed by atoms with Gasteiger partial charge in [0, 0.05) is 23.5 Å². The second-order valence-electron chi connectivity index (χ2n) is 4.78. The number of halogens is 1. The summed E-state index contributed by atoms with van der Waals surface area (Å²) in [6.45, 7) is 2.74. The van der Waals surface area contributed by atoms with E-state index in [1.807, 2.05) is 19.1 Å². The number of thiophene rings is 1. The first-order chi connectivity index (χ1) is 10.2. The molecule has 3 rings (SSSR count). The fourth-order valence-corrected chi connectivity index (χ4v) is 3.00. The highest BCUT2D eigenvalue weighted by Crippen LogP contribution is 2.27. The molecule has 1 aromatic carbocycles. The van der Waals surface area contributed by atoms with Crippen LogP contribution in [0.3, 0.4) is 0 Å². The average Bonchev–Trinajstić information content (AvgIpc) is 2.86. The van der Waals surface area contributed by atoms with Crippen molar-refractivity contribution >= 4 is 27.4 Å². The summed E-state index contributed by atoms with van der Waals surface area (Å²) in [5.74, 6) is 0.476. The number of aromatic nitrogens is 2. The number of nitrogens with two attached hydrogens (primary N) is 1.